The van der Waals surface area contributed by atoms with Crippen LogP contribution in [0.4, 0.5) is 5.69 Å². The summed E-state index contributed by atoms with van der Waals surface area (Å²) in [6, 6.07) is 5.05. The first-order valence-electron chi connectivity index (χ1n) is 6.46. The maximum Gasteiger partial charge on any atom is 0.251 e. The number of ether oxygens (including phenoxy) is 1. The largest absolute Gasteiger partial charge is 0.491 e. The van der Waals surface area contributed by atoms with Gasteiger partial charge in [-0.05, 0) is 30.5 Å². The lowest BCUT2D eigenvalue weighted by molar-refractivity contribution is 0.0957. The normalized spacial score (nSPS) is 10.3. The third kappa shape index (κ3) is 5.04. The molecule has 0 aliphatic heterocycles. The highest BCUT2D eigenvalue weighted by Gasteiger charge is 2.08. The van der Waals surface area contributed by atoms with Crippen LogP contribution in [0.15, 0.2) is 30.9 Å². The van der Waals surface area contributed by atoms with Gasteiger partial charge in [-0.25, -0.2) is 0 Å². The van der Waals surface area contributed by atoms with Crippen LogP contribution in [0.1, 0.15) is 30.6 Å². The topological polar surface area (TPSA) is 64.4 Å². The van der Waals surface area contributed by atoms with Crippen molar-refractivity contribution in [3.05, 3.63) is 36.4 Å². The quantitative estimate of drug-likeness (QED) is 0.586. The molecule has 0 saturated carbocycles. The van der Waals surface area contributed by atoms with Crippen LogP contribution < -0.4 is 15.8 Å². The van der Waals surface area contributed by atoms with Gasteiger partial charge in [0.15, 0.2) is 0 Å². The lowest BCUT2D eigenvalue weighted by Gasteiger charge is -2.11. The van der Waals surface area contributed by atoms with Crippen LogP contribution in [-0.4, -0.2) is 19.1 Å². The molecule has 1 aromatic carbocycles. The molecule has 0 bridgehead atoms. The summed E-state index contributed by atoms with van der Waals surface area (Å²) in [7, 11) is 0. The van der Waals surface area contributed by atoms with E-state index in [2.05, 4.69) is 25.7 Å². The van der Waals surface area contributed by atoms with E-state index < -0.39 is 0 Å². The van der Waals surface area contributed by atoms with E-state index in [1.54, 1.807) is 24.3 Å². The number of carbonyl (C=O) groups excluding carboxylic acids is 1. The molecule has 0 spiro atoms. The number of hydrogen-bond donors (Lipinski definition) is 2. The van der Waals surface area contributed by atoms with Gasteiger partial charge in [-0.15, -0.1) is 6.58 Å². The molecule has 1 amide bonds. The Balaban J connectivity index is 2.70. The first-order valence-corrected chi connectivity index (χ1v) is 6.46. The van der Waals surface area contributed by atoms with E-state index >= 15 is 0 Å². The van der Waals surface area contributed by atoms with Gasteiger partial charge in [0, 0.05) is 12.1 Å². The molecule has 104 valence electrons. The molecule has 1 aromatic rings. The standard InChI is InChI=1S/C15H22N2O2/c1-4-8-17-15(18)12-5-6-13(16)14(10-12)19-9-7-11(2)3/h4-6,10-11H,1,7-9,16H2,2-3H3,(H,17,18). The summed E-state index contributed by atoms with van der Waals surface area (Å²) in [5, 5.41) is 2.72. The summed E-state index contributed by atoms with van der Waals surface area (Å²) in [6.45, 7) is 8.85. The Hall–Kier alpha value is -1.97. The minimum atomic E-state index is -0.159. The fraction of sp³-hybridized carbons (Fsp3) is 0.400. The highest BCUT2D eigenvalue weighted by Crippen LogP contribution is 2.23. The molecule has 0 saturated heterocycles. The minimum absolute atomic E-state index is 0.159. The summed E-state index contributed by atoms with van der Waals surface area (Å²) in [6.07, 6.45) is 2.58. The summed E-state index contributed by atoms with van der Waals surface area (Å²) in [5.74, 6) is 0.973. The molecule has 4 nitrogen and oxygen atoms in total. The van der Waals surface area contributed by atoms with Crippen molar-refractivity contribution in [2.24, 2.45) is 5.92 Å². The van der Waals surface area contributed by atoms with Crippen molar-refractivity contribution in [1.29, 1.82) is 0 Å². The maximum absolute atomic E-state index is 11.8. The Bertz CT molecular complexity index is 442. The van der Waals surface area contributed by atoms with Gasteiger partial charge in [0.25, 0.3) is 5.91 Å². The Morgan fingerprint density at radius 1 is 1.53 bits per heavy atom. The number of hydrogen-bond acceptors (Lipinski definition) is 3. The maximum atomic E-state index is 11.8. The summed E-state index contributed by atoms with van der Waals surface area (Å²) in [5.41, 5.74) is 6.92. The van der Waals surface area contributed by atoms with Crippen LogP contribution in [0.2, 0.25) is 0 Å². The van der Waals surface area contributed by atoms with E-state index in [1.165, 1.54) is 0 Å². The van der Waals surface area contributed by atoms with Crippen LogP contribution in [0.25, 0.3) is 0 Å². The van der Waals surface area contributed by atoms with Gasteiger partial charge in [0.05, 0.1) is 12.3 Å². The smallest absolute Gasteiger partial charge is 0.251 e. The van der Waals surface area contributed by atoms with Crippen molar-refractivity contribution < 1.29 is 9.53 Å². The Morgan fingerprint density at radius 3 is 2.89 bits per heavy atom. The van der Waals surface area contributed by atoms with Crippen molar-refractivity contribution in [2.45, 2.75) is 20.3 Å². The summed E-state index contributed by atoms with van der Waals surface area (Å²) >= 11 is 0. The van der Waals surface area contributed by atoms with Crippen molar-refractivity contribution in [3.8, 4) is 5.75 Å². The first kappa shape index (κ1) is 15.1. The lowest BCUT2D eigenvalue weighted by atomic mass is 10.1. The van der Waals surface area contributed by atoms with Crippen LogP contribution in [-0.2, 0) is 0 Å². The van der Waals surface area contributed by atoms with E-state index in [1.807, 2.05) is 0 Å². The fourth-order valence-corrected chi connectivity index (χ4v) is 1.47. The Labute approximate surface area is 114 Å². The lowest BCUT2D eigenvalue weighted by Crippen LogP contribution is -2.23. The van der Waals surface area contributed by atoms with Crippen LogP contribution >= 0.6 is 0 Å². The molecule has 19 heavy (non-hydrogen) atoms. The SMILES string of the molecule is C=CCNC(=O)c1ccc(N)c(OCCC(C)C)c1. The van der Waals surface area contributed by atoms with E-state index in [4.69, 9.17) is 10.5 Å². The van der Waals surface area contributed by atoms with Crippen LogP contribution in [0.3, 0.4) is 0 Å². The van der Waals surface area contributed by atoms with Crippen molar-refractivity contribution >= 4 is 11.6 Å². The molecule has 4 heteroatoms. The number of nitrogen functional groups attached to an aromatic ring is 1. The number of benzene rings is 1. The first-order chi connectivity index (χ1) is 9.04. The molecule has 1 rings (SSSR count). The zero-order valence-electron chi connectivity index (χ0n) is 11.6. The molecule has 3 N–H and O–H groups in total. The van der Waals surface area contributed by atoms with E-state index in [0.717, 1.165) is 6.42 Å². The summed E-state index contributed by atoms with van der Waals surface area (Å²) in [4.78, 5) is 11.8. The molecule has 0 aromatic heterocycles. The molecule has 0 fully saturated rings. The number of rotatable bonds is 7. The van der Waals surface area contributed by atoms with Gasteiger partial charge in [-0.1, -0.05) is 19.9 Å². The van der Waals surface area contributed by atoms with Crippen molar-refractivity contribution in [2.75, 3.05) is 18.9 Å². The zero-order valence-corrected chi connectivity index (χ0v) is 11.6. The van der Waals surface area contributed by atoms with Crippen LogP contribution in [0.5, 0.6) is 5.75 Å². The molecule has 0 heterocycles. The van der Waals surface area contributed by atoms with E-state index in [0.29, 0.717) is 36.1 Å². The van der Waals surface area contributed by atoms with E-state index in [9.17, 15) is 4.79 Å². The van der Waals surface area contributed by atoms with E-state index in [-0.39, 0.29) is 5.91 Å². The summed E-state index contributed by atoms with van der Waals surface area (Å²) < 4.78 is 5.62. The minimum Gasteiger partial charge on any atom is -0.491 e. The van der Waals surface area contributed by atoms with Gasteiger partial charge in [-0.3, -0.25) is 4.79 Å². The second kappa shape index (κ2) is 7.46. The molecule has 0 aliphatic carbocycles. The number of amides is 1. The fourth-order valence-electron chi connectivity index (χ4n) is 1.47. The molecular weight excluding hydrogens is 240 g/mol. The zero-order chi connectivity index (χ0) is 14.3. The number of anilines is 1. The highest BCUT2D eigenvalue weighted by molar-refractivity contribution is 5.95. The third-order valence-electron chi connectivity index (χ3n) is 2.64. The van der Waals surface area contributed by atoms with Crippen molar-refractivity contribution in [1.82, 2.24) is 5.32 Å². The molecule has 0 radical (unpaired) electrons. The average Bonchev–Trinajstić information content (AvgIpc) is 2.37. The predicted molar refractivity (Wildman–Crippen MR) is 78.3 cm³/mol. The van der Waals surface area contributed by atoms with Gasteiger partial charge >= 0.3 is 0 Å². The van der Waals surface area contributed by atoms with Crippen molar-refractivity contribution in [3.63, 3.8) is 0 Å². The number of carbonyl (C=O) groups is 1. The Kier molecular flexibility index (Phi) is 5.93. The second-order valence-corrected chi connectivity index (χ2v) is 4.78. The van der Waals surface area contributed by atoms with Gasteiger partial charge in [-0.2, -0.15) is 0 Å². The van der Waals surface area contributed by atoms with Gasteiger partial charge in [0.2, 0.25) is 0 Å². The second-order valence-electron chi connectivity index (χ2n) is 4.78. The van der Waals surface area contributed by atoms with Gasteiger partial charge < -0.3 is 15.8 Å². The number of nitrogens with two attached hydrogens (primary N) is 1. The third-order valence-corrected chi connectivity index (χ3v) is 2.64. The molecule has 0 unspecified atom stereocenters. The molecule has 0 aliphatic rings. The van der Waals surface area contributed by atoms with Crippen LogP contribution in [0, 0.1) is 5.92 Å². The molecule has 0 atom stereocenters. The Morgan fingerprint density at radius 2 is 2.26 bits per heavy atom. The predicted octanol–water partition coefficient (Wildman–Crippen LogP) is 2.61. The average molecular weight is 262 g/mol. The highest BCUT2D eigenvalue weighted by atomic mass is 16.5. The number of nitrogens with one attached hydrogen (secondary N) is 1. The monoisotopic (exact) mass is 262 g/mol. The van der Waals surface area contributed by atoms with Gasteiger partial charge in [0.1, 0.15) is 5.75 Å². The molecular formula is C15H22N2O2.